The fraction of sp³-hybridized carbons (Fsp3) is 0.517. The quantitative estimate of drug-likeness (QED) is 0.502. The number of ether oxygens (including phenoxy) is 7. The zero-order chi connectivity index (χ0) is 27.6. The van der Waals surface area contributed by atoms with E-state index in [0.717, 1.165) is 11.1 Å². The Bertz CT molecular complexity index is 1140. The van der Waals surface area contributed by atoms with Crippen LogP contribution in [0.5, 0.6) is 0 Å². The summed E-state index contributed by atoms with van der Waals surface area (Å²) < 4.78 is 41.3. The molecule has 2 aromatic carbocycles. The van der Waals surface area contributed by atoms with E-state index in [1.807, 2.05) is 60.7 Å². The maximum absolute atomic E-state index is 13.6. The lowest BCUT2D eigenvalue weighted by atomic mass is 10.0. The molecule has 10 nitrogen and oxygen atoms in total. The van der Waals surface area contributed by atoms with Crippen molar-refractivity contribution in [1.82, 2.24) is 5.32 Å². The highest BCUT2D eigenvalue weighted by molar-refractivity contribution is 5.82. The maximum Gasteiger partial charge on any atom is 0.408 e. The zero-order valence-electron chi connectivity index (χ0n) is 22.5. The molecular formula is C29H35NO9. The molecule has 1 amide bonds. The van der Waals surface area contributed by atoms with Gasteiger partial charge in [-0.15, -0.1) is 0 Å². The molecule has 0 radical (unpaired) electrons. The van der Waals surface area contributed by atoms with Gasteiger partial charge in [-0.25, -0.2) is 9.59 Å². The molecule has 3 aliphatic rings. The van der Waals surface area contributed by atoms with Gasteiger partial charge < -0.3 is 38.5 Å². The lowest BCUT2D eigenvalue weighted by Gasteiger charge is -2.30. The molecule has 39 heavy (non-hydrogen) atoms. The predicted molar refractivity (Wildman–Crippen MR) is 137 cm³/mol. The molecule has 0 aliphatic carbocycles. The maximum atomic E-state index is 13.6. The number of carbonyl (C=O) groups is 2. The van der Waals surface area contributed by atoms with Crippen LogP contribution in [0.3, 0.4) is 0 Å². The molecule has 3 aliphatic heterocycles. The van der Waals surface area contributed by atoms with Crippen molar-refractivity contribution in [2.75, 3.05) is 6.61 Å². The fourth-order valence-electron chi connectivity index (χ4n) is 4.98. The predicted octanol–water partition coefficient (Wildman–Crippen LogP) is 3.46. The molecule has 3 fully saturated rings. The summed E-state index contributed by atoms with van der Waals surface area (Å²) in [4.78, 5) is 26.4. The third-order valence-electron chi connectivity index (χ3n) is 6.75. The van der Waals surface area contributed by atoms with Gasteiger partial charge in [-0.05, 0) is 38.8 Å². The van der Waals surface area contributed by atoms with Crippen LogP contribution in [0.1, 0.15) is 38.8 Å². The van der Waals surface area contributed by atoms with Crippen LogP contribution in [0.4, 0.5) is 4.79 Å². The van der Waals surface area contributed by atoms with Crippen LogP contribution < -0.4 is 5.32 Å². The first-order valence-corrected chi connectivity index (χ1v) is 13.1. The number of esters is 1. The Balaban J connectivity index is 1.31. The molecule has 3 heterocycles. The Kier molecular flexibility index (Phi) is 7.93. The molecule has 3 saturated heterocycles. The smallest absolute Gasteiger partial charge is 0.408 e. The number of hydrogen-bond donors (Lipinski definition) is 1. The summed E-state index contributed by atoms with van der Waals surface area (Å²) in [6, 6.07) is 17.6. The summed E-state index contributed by atoms with van der Waals surface area (Å²) in [6.45, 7) is 7.47. The highest BCUT2D eigenvalue weighted by Gasteiger charge is 2.60. The van der Waals surface area contributed by atoms with Gasteiger partial charge in [0.2, 0.25) is 0 Å². The molecule has 210 valence electrons. The largest absolute Gasteiger partial charge is 0.455 e. The monoisotopic (exact) mass is 541 g/mol. The molecular weight excluding hydrogens is 506 g/mol. The number of nitrogens with one attached hydrogen (secondary N) is 1. The minimum atomic E-state index is -1.03. The second-order valence-corrected chi connectivity index (χ2v) is 10.8. The molecule has 0 aromatic heterocycles. The third-order valence-corrected chi connectivity index (χ3v) is 6.75. The van der Waals surface area contributed by atoms with Crippen LogP contribution >= 0.6 is 0 Å². The molecule has 10 heteroatoms. The molecule has 6 atom stereocenters. The first-order chi connectivity index (χ1) is 18.6. The number of benzene rings is 2. The molecule has 5 rings (SSSR count). The van der Waals surface area contributed by atoms with Crippen molar-refractivity contribution in [3.8, 4) is 0 Å². The van der Waals surface area contributed by atoms with Crippen LogP contribution in [0.2, 0.25) is 0 Å². The van der Waals surface area contributed by atoms with Crippen molar-refractivity contribution in [1.29, 1.82) is 0 Å². The van der Waals surface area contributed by atoms with E-state index in [1.54, 1.807) is 27.7 Å². The van der Waals surface area contributed by atoms with Gasteiger partial charge in [-0.3, -0.25) is 0 Å². The van der Waals surface area contributed by atoms with E-state index in [1.165, 1.54) is 0 Å². The highest BCUT2D eigenvalue weighted by Crippen LogP contribution is 2.42. The normalized spacial score (nSPS) is 29.4. The van der Waals surface area contributed by atoms with Gasteiger partial charge in [0.05, 0.1) is 6.61 Å². The number of alkyl carbamates (subject to hydrolysis) is 1. The summed E-state index contributed by atoms with van der Waals surface area (Å²) in [7, 11) is 0. The van der Waals surface area contributed by atoms with Gasteiger partial charge in [-0.1, -0.05) is 60.7 Å². The van der Waals surface area contributed by atoms with Gasteiger partial charge in [0, 0.05) is 6.42 Å². The minimum Gasteiger partial charge on any atom is -0.455 e. The van der Waals surface area contributed by atoms with E-state index in [2.05, 4.69) is 5.32 Å². The summed E-state index contributed by atoms with van der Waals surface area (Å²) in [5.74, 6) is -2.37. The van der Waals surface area contributed by atoms with Crippen molar-refractivity contribution in [2.24, 2.45) is 0 Å². The molecule has 0 unspecified atom stereocenters. The molecule has 2 aromatic rings. The number of hydrogen-bond acceptors (Lipinski definition) is 9. The van der Waals surface area contributed by atoms with Crippen molar-refractivity contribution < 1.29 is 42.7 Å². The Morgan fingerprint density at radius 3 is 2.21 bits per heavy atom. The number of carbonyl (C=O) groups excluding carboxylic acids is 2. The summed E-state index contributed by atoms with van der Waals surface area (Å²) >= 11 is 0. The first kappa shape index (κ1) is 27.5. The number of amides is 1. The Morgan fingerprint density at radius 1 is 0.897 bits per heavy atom. The fourth-order valence-corrected chi connectivity index (χ4v) is 4.98. The molecule has 0 bridgehead atoms. The van der Waals surface area contributed by atoms with Gasteiger partial charge >= 0.3 is 12.1 Å². The third kappa shape index (κ3) is 6.77. The lowest BCUT2D eigenvalue weighted by molar-refractivity contribution is -0.235. The van der Waals surface area contributed by atoms with E-state index in [9.17, 15) is 9.59 Å². The summed E-state index contributed by atoms with van der Waals surface area (Å²) in [5, 5.41) is 2.68. The topological polar surface area (TPSA) is 111 Å². The van der Waals surface area contributed by atoms with Crippen LogP contribution in [-0.4, -0.2) is 67.0 Å². The van der Waals surface area contributed by atoms with E-state index in [4.69, 9.17) is 33.2 Å². The SMILES string of the molecule is CC1(C)O[C@@H]2O[C@@H]([C@@H]3COC(C)(C)O3)[C@H](OC(=O)[C@@H](Cc3ccccc3)NC(=O)OCc3ccccc3)[C@H]2O1. The van der Waals surface area contributed by atoms with E-state index < -0.39 is 60.4 Å². The van der Waals surface area contributed by atoms with Gasteiger partial charge in [0.25, 0.3) is 0 Å². The second kappa shape index (κ2) is 11.2. The van der Waals surface area contributed by atoms with E-state index in [0.29, 0.717) is 0 Å². The van der Waals surface area contributed by atoms with Gasteiger partial charge in [0.15, 0.2) is 30.1 Å². The molecule has 0 spiro atoms. The van der Waals surface area contributed by atoms with Gasteiger partial charge in [-0.2, -0.15) is 0 Å². The Morgan fingerprint density at radius 2 is 1.56 bits per heavy atom. The van der Waals surface area contributed by atoms with Crippen molar-refractivity contribution in [3.05, 3.63) is 71.8 Å². The lowest BCUT2D eigenvalue weighted by Crippen LogP contribution is -2.50. The summed E-state index contributed by atoms with van der Waals surface area (Å²) in [6.07, 6.45) is -4.00. The molecule has 0 saturated carbocycles. The first-order valence-electron chi connectivity index (χ1n) is 13.1. The second-order valence-electron chi connectivity index (χ2n) is 10.8. The Hall–Kier alpha value is -3.02. The van der Waals surface area contributed by atoms with Crippen LogP contribution in [0.25, 0.3) is 0 Å². The molecule has 1 N–H and O–H groups in total. The summed E-state index contributed by atoms with van der Waals surface area (Å²) in [5.41, 5.74) is 1.67. The number of rotatable bonds is 8. The van der Waals surface area contributed by atoms with E-state index in [-0.39, 0.29) is 19.6 Å². The highest BCUT2D eigenvalue weighted by atomic mass is 16.8. The average molecular weight is 542 g/mol. The minimum absolute atomic E-state index is 0.0666. The van der Waals surface area contributed by atoms with Crippen LogP contribution in [-0.2, 0) is 51.0 Å². The zero-order valence-corrected chi connectivity index (χ0v) is 22.5. The Labute approximate surface area is 227 Å². The van der Waals surface area contributed by atoms with Crippen LogP contribution in [0, 0.1) is 0 Å². The van der Waals surface area contributed by atoms with Crippen molar-refractivity contribution in [3.63, 3.8) is 0 Å². The van der Waals surface area contributed by atoms with E-state index >= 15 is 0 Å². The van der Waals surface area contributed by atoms with Crippen LogP contribution in [0.15, 0.2) is 60.7 Å². The average Bonchev–Trinajstić information content (AvgIpc) is 3.52. The standard InChI is InChI=1S/C29H35NO9/c1-28(2)34-17-21(37-28)22-23(24-26(36-22)39-29(3,4)38-24)35-25(31)20(15-18-11-7-5-8-12-18)30-27(32)33-16-19-13-9-6-10-14-19/h5-14,20-24,26H,15-17H2,1-4H3,(H,30,32)/t20-,21+,22+,23+,24-,26+/m1/s1. The number of fused-ring (bicyclic) bond motifs is 1. The van der Waals surface area contributed by atoms with Gasteiger partial charge in [0.1, 0.15) is 24.9 Å². The van der Waals surface area contributed by atoms with Crippen molar-refractivity contribution in [2.45, 2.75) is 89.0 Å². The van der Waals surface area contributed by atoms with Crippen molar-refractivity contribution >= 4 is 12.1 Å².